The van der Waals surface area contributed by atoms with Gasteiger partial charge in [-0.15, -0.1) is 0 Å². The van der Waals surface area contributed by atoms with Crippen molar-refractivity contribution >= 4 is 40.5 Å². The molecule has 4 N–H and O–H groups in total. The molecule has 0 spiro atoms. The third kappa shape index (κ3) is 6.36. The Kier molecular flexibility index (Phi) is 8.37. The summed E-state index contributed by atoms with van der Waals surface area (Å²) in [4.78, 5) is 16.1. The van der Waals surface area contributed by atoms with Gasteiger partial charge in [-0.05, 0) is 31.0 Å². The fourth-order valence-electron chi connectivity index (χ4n) is 3.74. The van der Waals surface area contributed by atoms with Crippen LogP contribution in [0.4, 0.5) is 5.69 Å². The van der Waals surface area contributed by atoms with Crippen LogP contribution in [0.1, 0.15) is 18.4 Å². The number of likely N-dealkylation sites (tertiary alicyclic amines) is 1. The van der Waals surface area contributed by atoms with Crippen molar-refractivity contribution in [2.45, 2.75) is 25.0 Å². The molecule has 0 bridgehead atoms. The largest absolute Gasteiger partial charge is 0.490 e. The number of halogens is 2. The van der Waals surface area contributed by atoms with Crippen LogP contribution in [0.5, 0.6) is 5.75 Å². The van der Waals surface area contributed by atoms with Crippen LogP contribution in [0.25, 0.3) is 0 Å². The second-order valence-electron chi connectivity index (χ2n) is 8.00. The quantitative estimate of drug-likeness (QED) is 0.398. The Morgan fingerprint density at radius 3 is 2.59 bits per heavy atom. The summed E-state index contributed by atoms with van der Waals surface area (Å²) in [6.45, 7) is 2.12. The normalized spacial score (nSPS) is 15.9. The summed E-state index contributed by atoms with van der Waals surface area (Å²) < 4.78 is 6.00. The molecule has 1 heterocycles. The lowest BCUT2D eigenvalue weighted by Gasteiger charge is -2.34. The number of nitrogen functional groups attached to an aromatic ring is 1. The molecule has 0 unspecified atom stereocenters. The van der Waals surface area contributed by atoms with Crippen molar-refractivity contribution in [3.63, 3.8) is 0 Å². The molecule has 0 saturated carbocycles. The maximum Gasteiger partial charge on any atom is 0.272 e. The fraction of sp³-hybridized carbons (Fsp3) is 0.391. The van der Waals surface area contributed by atoms with E-state index in [9.17, 15) is 9.90 Å². The van der Waals surface area contributed by atoms with Crippen LogP contribution in [0.15, 0.2) is 42.5 Å². The number of likely N-dealkylation sites (N-methyl/N-ethyl adjacent to an activating group) is 1. The third-order valence-electron chi connectivity index (χ3n) is 5.47. The van der Waals surface area contributed by atoms with Crippen molar-refractivity contribution in [1.29, 1.82) is 5.41 Å². The monoisotopic (exact) mass is 478 g/mol. The van der Waals surface area contributed by atoms with Crippen LogP contribution in [0.2, 0.25) is 10.0 Å². The van der Waals surface area contributed by atoms with Gasteiger partial charge >= 0.3 is 0 Å². The molecule has 0 aromatic heterocycles. The number of carbonyl (C=O) groups is 1. The minimum Gasteiger partial charge on any atom is -0.490 e. The molecule has 1 aliphatic heterocycles. The average Bonchev–Trinajstić information content (AvgIpc) is 2.77. The molecular formula is C23H28Cl2N4O3. The van der Waals surface area contributed by atoms with E-state index in [2.05, 4.69) is 4.90 Å². The topological polar surface area (TPSA) is 103 Å². The molecule has 0 radical (unpaired) electrons. The number of nitrogens with two attached hydrogens (primary N) is 1. The smallest absolute Gasteiger partial charge is 0.272 e. The summed E-state index contributed by atoms with van der Waals surface area (Å²) >= 11 is 12.0. The number of aliphatic hydroxyl groups is 1. The Bertz CT molecular complexity index is 964. The van der Waals surface area contributed by atoms with Crippen molar-refractivity contribution in [1.82, 2.24) is 9.80 Å². The minimum atomic E-state index is -0.725. The number of nitrogens with zero attached hydrogens (tertiary/aromatic N) is 2. The summed E-state index contributed by atoms with van der Waals surface area (Å²) in [5, 5.41) is 19.6. The average molecular weight is 479 g/mol. The van der Waals surface area contributed by atoms with Crippen LogP contribution in [-0.2, 0) is 4.79 Å². The van der Waals surface area contributed by atoms with Crippen LogP contribution in [-0.4, -0.2) is 72.0 Å². The highest BCUT2D eigenvalue weighted by atomic mass is 35.5. The molecule has 172 valence electrons. The van der Waals surface area contributed by atoms with E-state index in [1.165, 1.54) is 4.90 Å². The SMILES string of the molecule is CN(C[C@@H](O)CN1CCC(Oc2ccc(Cl)c(Cl)c2)CC1)C(=O)C(=N)c1ccccc1N. The predicted octanol–water partition coefficient (Wildman–Crippen LogP) is 3.31. The highest BCUT2D eigenvalue weighted by Gasteiger charge is 2.25. The number of nitrogens with one attached hydrogen (secondary N) is 1. The number of anilines is 1. The number of rotatable bonds is 8. The molecule has 2 aromatic carbocycles. The van der Waals surface area contributed by atoms with Gasteiger partial charge in [-0.25, -0.2) is 0 Å². The fourth-order valence-corrected chi connectivity index (χ4v) is 4.03. The standard InChI is InChI=1S/C23H28Cl2N4O3/c1-28(23(31)22(27)18-4-2-3-5-21(18)26)13-15(30)14-29-10-8-16(9-11-29)32-17-6-7-19(24)20(25)12-17/h2-7,12,15-16,27,30H,8-11,13-14,26H2,1H3/t15-/m1/s1. The van der Waals surface area contributed by atoms with Gasteiger partial charge in [0.05, 0.1) is 16.1 Å². The first-order valence-electron chi connectivity index (χ1n) is 10.5. The molecule has 7 nitrogen and oxygen atoms in total. The van der Waals surface area contributed by atoms with E-state index in [4.69, 9.17) is 39.1 Å². The molecule has 1 fully saturated rings. The lowest BCUT2D eigenvalue weighted by atomic mass is 10.1. The zero-order valence-electron chi connectivity index (χ0n) is 17.9. The van der Waals surface area contributed by atoms with Crippen LogP contribution in [0, 0.1) is 5.41 Å². The highest BCUT2D eigenvalue weighted by molar-refractivity contribution is 6.45. The summed E-state index contributed by atoms with van der Waals surface area (Å²) in [6.07, 6.45) is 0.985. The number of carbonyl (C=O) groups excluding carboxylic acids is 1. The Labute approximate surface area is 198 Å². The number of hydrogen-bond acceptors (Lipinski definition) is 6. The van der Waals surface area contributed by atoms with Gasteiger partial charge in [0, 0.05) is 50.5 Å². The number of β-amino-alcohol motifs (C(OH)–C–C–N with tert-alkyl or cyclic N) is 1. The molecule has 9 heteroatoms. The lowest BCUT2D eigenvalue weighted by molar-refractivity contribution is -0.124. The molecule has 0 aliphatic carbocycles. The number of ether oxygens (including phenoxy) is 1. The van der Waals surface area contributed by atoms with Gasteiger partial charge in [-0.2, -0.15) is 0 Å². The maximum atomic E-state index is 12.6. The number of piperidine rings is 1. The van der Waals surface area contributed by atoms with Gasteiger partial charge < -0.3 is 25.4 Å². The Hall–Kier alpha value is -2.32. The molecular weight excluding hydrogens is 451 g/mol. The second kappa shape index (κ2) is 11.0. The van der Waals surface area contributed by atoms with Crippen LogP contribution >= 0.6 is 23.2 Å². The van der Waals surface area contributed by atoms with E-state index in [-0.39, 0.29) is 18.4 Å². The Morgan fingerprint density at radius 1 is 1.25 bits per heavy atom. The van der Waals surface area contributed by atoms with E-state index >= 15 is 0 Å². The number of amides is 1. The maximum absolute atomic E-state index is 12.6. The minimum absolute atomic E-state index is 0.0710. The van der Waals surface area contributed by atoms with Crippen LogP contribution in [0.3, 0.4) is 0 Å². The van der Waals surface area contributed by atoms with E-state index in [0.717, 1.165) is 25.9 Å². The first-order valence-corrected chi connectivity index (χ1v) is 11.2. The third-order valence-corrected chi connectivity index (χ3v) is 6.21. The lowest BCUT2D eigenvalue weighted by Crippen LogP contribution is -2.46. The van der Waals surface area contributed by atoms with Crippen molar-refractivity contribution in [3.8, 4) is 5.75 Å². The number of para-hydroxylation sites is 1. The number of hydrogen-bond donors (Lipinski definition) is 3. The van der Waals surface area contributed by atoms with Gasteiger partial charge in [0.15, 0.2) is 0 Å². The summed E-state index contributed by atoms with van der Waals surface area (Å²) in [5.74, 6) is 0.218. The molecule has 1 aliphatic rings. The first kappa shape index (κ1) is 24.3. The van der Waals surface area contributed by atoms with Crippen molar-refractivity contribution in [2.75, 3.05) is 39.0 Å². The molecule has 3 rings (SSSR count). The van der Waals surface area contributed by atoms with Crippen molar-refractivity contribution < 1.29 is 14.6 Å². The zero-order valence-corrected chi connectivity index (χ0v) is 19.4. The second-order valence-corrected chi connectivity index (χ2v) is 8.81. The molecule has 1 atom stereocenters. The van der Waals surface area contributed by atoms with Gasteiger partial charge in [0.1, 0.15) is 17.6 Å². The van der Waals surface area contributed by atoms with Gasteiger partial charge in [0.25, 0.3) is 5.91 Å². The van der Waals surface area contributed by atoms with E-state index in [0.29, 0.717) is 33.6 Å². The van der Waals surface area contributed by atoms with Crippen molar-refractivity contribution in [3.05, 3.63) is 58.1 Å². The van der Waals surface area contributed by atoms with Gasteiger partial charge in [0.2, 0.25) is 0 Å². The Balaban J connectivity index is 1.43. The summed E-state index contributed by atoms with van der Waals surface area (Å²) in [6, 6.07) is 12.0. The zero-order chi connectivity index (χ0) is 23.3. The van der Waals surface area contributed by atoms with Crippen molar-refractivity contribution in [2.24, 2.45) is 0 Å². The number of aliphatic hydroxyl groups excluding tert-OH is 1. The number of benzene rings is 2. The molecule has 1 saturated heterocycles. The molecule has 1 amide bonds. The summed E-state index contributed by atoms with van der Waals surface area (Å²) in [7, 11) is 1.58. The first-order chi connectivity index (χ1) is 15.2. The van der Waals surface area contributed by atoms with E-state index < -0.39 is 12.0 Å². The highest BCUT2D eigenvalue weighted by Crippen LogP contribution is 2.28. The van der Waals surface area contributed by atoms with Gasteiger partial charge in [-0.1, -0.05) is 41.4 Å². The van der Waals surface area contributed by atoms with E-state index in [1.807, 2.05) is 0 Å². The molecule has 32 heavy (non-hydrogen) atoms. The summed E-state index contributed by atoms with van der Waals surface area (Å²) in [5.41, 5.74) is 6.46. The Morgan fingerprint density at radius 2 is 1.94 bits per heavy atom. The molecule has 2 aromatic rings. The van der Waals surface area contributed by atoms with Crippen LogP contribution < -0.4 is 10.5 Å². The van der Waals surface area contributed by atoms with Gasteiger partial charge in [-0.3, -0.25) is 10.2 Å². The predicted molar refractivity (Wildman–Crippen MR) is 128 cm³/mol. The van der Waals surface area contributed by atoms with E-state index in [1.54, 1.807) is 49.5 Å².